The minimum atomic E-state index is -4.53. The fraction of sp³-hybridized carbons (Fsp3) is 0.448. The summed E-state index contributed by atoms with van der Waals surface area (Å²) in [6.07, 6.45) is 0.197. The van der Waals surface area contributed by atoms with Gasteiger partial charge in [-0.05, 0) is 49.4 Å². The van der Waals surface area contributed by atoms with Crippen LogP contribution in [0.3, 0.4) is 0 Å². The largest absolute Gasteiger partial charge is 0.472 e. The molecule has 0 aliphatic carbocycles. The van der Waals surface area contributed by atoms with Crippen molar-refractivity contribution in [2.24, 2.45) is 5.92 Å². The molecule has 41 heavy (non-hydrogen) atoms. The van der Waals surface area contributed by atoms with Crippen LogP contribution in [0, 0.1) is 11.7 Å². The number of likely N-dealkylation sites (tertiary alicyclic amines) is 1. The molecule has 0 bridgehead atoms. The molecule has 3 aromatic rings. The highest BCUT2D eigenvalue weighted by Gasteiger charge is 2.43. The molecule has 1 fully saturated rings. The Morgan fingerprint density at radius 1 is 1.10 bits per heavy atom. The third-order valence-corrected chi connectivity index (χ3v) is 7.21. The highest BCUT2D eigenvalue weighted by molar-refractivity contribution is 6.00. The minimum Gasteiger partial charge on any atom is -0.472 e. The average Bonchev–Trinajstić information content (AvgIpc) is 2.96. The predicted octanol–water partition coefficient (Wildman–Crippen LogP) is 5.78. The van der Waals surface area contributed by atoms with E-state index < -0.39 is 41.7 Å². The van der Waals surface area contributed by atoms with Crippen molar-refractivity contribution in [3.05, 3.63) is 71.9 Å². The SMILES string of the molecule is CCC(Oc1ccc(C(F)(F)F)cn1)C1CCC(C)C(COCOC)N1C(=O)c1cccc(F)c1-c1ncccn1. The summed E-state index contributed by atoms with van der Waals surface area (Å²) in [6, 6.07) is 6.94. The van der Waals surface area contributed by atoms with Gasteiger partial charge in [0.05, 0.1) is 35.4 Å². The topological polar surface area (TPSA) is 86.7 Å². The fourth-order valence-corrected chi connectivity index (χ4v) is 5.15. The van der Waals surface area contributed by atoms with Crippen molar-refractivity contribution in [3.63, 3.8) is 0 Å². The third-order valence-electron chi connectivity index (χ3n) is 7.21. The van der Waals surface area contributed by atoms with E-state index in [1.165, 1.54) is 43.8 Å². The molecule has 12 heteroatoms. The van der Waals surface area contributed by atoms with Crippen molar-refractivity contribution in [3.8, 4) is 17.3 Å². The lowest BCUT2D eigenvalue weighted by molar-refractivity contribution is -0.137. The number of methoxy groups -OCH3 is 1. The van der Waals surface area contributed by atoms with Gasteiger partial charge in [-0.1, -0.05) is 19.9 Å². The molecule has 4 atom stereocenters. The van der Waals surface area contributed by atoms with Gasteiger partial charge in [-0.15, -0.1) is 0 Å². The number of aromatic nitrogens is 3. The molecule has 8 nitrogen and oxygen atoms in total. The summed E-state index contributed by atoms with van der Waals surface area (Å²) < 4.78 is 71.2. The first kappa shape index (κ1) is 30.3. The first-order valence-electron chi connectivity index (χ1n) is 13.3. The molecule has 0 N–H and O–H groups in total. The normalized spacial score (nSPS) is 20.1. The lowest BCUT2D eigenvalue weighted by Crippen LogP contribution is -2.59. The van der Waals surface area contributed by atoms with E-state index in [0.717, 1.165) is 12.5 Å². The Kier molecular flexibility index (Phi) is 9.87. The quantitative estimate of drug-likeness (QED) is 0.172. The summed E-state index contributed by atoms with van der Waals surface area (Å²) >= 11 is 0. The first-order chi connectivity index (χ1) is 19.7. The maximum Gasteiger partial charge on any atom is 0.417 e. The Morgan fingerprint density at radius 3 is 2.49 bits per heavy atom. The monoisotopic (exact) mass is 576 g/mol. The number of rotatable bonds is 10. The standard InChI is InChI=1S/C29H32F4N4O4/c1-4-24(41-25-12-10-19(15-36-25)29(31,32)33)22-11-9-18(2)23(16-40-17-39-3)37(22)28(38)20-7-5-8-21(30)26(20)27-34-13-6-14-35-27/h5-8,10,12-15,18,22-24H,4,9,11,16-17H2,1-3H3. The zero-order valence-electron chi connectivity index (χ0n) is 23.0. The van der Waals surface area contributed by atoms with Gasteiger partial charge in [0.2, 0.25) is 5.88 Å². The smallest absolute Gasteiger partial charge is 0.417 e. The molecule has 1 aliphatic rings. The van der Waals surface area contributed by atoms with E-state index in [2.05, 4.69) is 15.0 Å². The molecule has 4 rings (SSSR count). The molecule has 1 saturated heterocycles. The van der Waals surface area contributed by atoms with Crippen molar-refractivity contribution in [1.29, 1.82) is 0 Å². The molecule has 220 valence electrons. The molecule has 1 aliphatic heterocycles. The Balaban J connectivity index is 1.73. The molecule has 3 heterocycles. The second kappa shape index (κ2) is 13.3. The van der Waals surface area contributed by atoms with E-state index in [1.807, 2.05) is 13.8 Å². The maximum absolute atomic E-state index is 15.2. The van der Waals surface area contributed by atoms with Crippen LogP contribution in [0.5, 0.6) is 5.88 Å². The Morgan fingerprint density at radius 2 is 1.85 bits per heavy atom. The van der Waals surface area contributed by atoms with Gasteiger partial charge in [0, 0.05) is 31.8 Å². The van der Waals surface area contributed by atoms with E-state index in [9.17, 15) is 18.0 Å². The van der Waals surface area contributed by atoms with Gasteiger partial charge in [0.15, 0.2) is 5.82 Å². The van der Waals surface area contributed by atoms with Crippen molar-refractivity contribution in [2.75, 3.05) is 20.5 Å². The summed E-state index contributed by atoms with van der Waals surface area (Å²) in [6.45, 7) is 4.03. The number of carbonyl (C=O) groups is 1. The molecule has 0 radical (unpaired) electrons. The van der Waals surface area contributed by atoms with Crippen LogP contribution in [0.2, 0.25) is 0 Å². The number of alkyl halides is 3. The second-order valence-corrected chi connectivity index (χ2v) is 9.86. The third kappa shape index (κ3) is 6.99. The van der Waals surface area contributed by atoms with Gasteiger partial charge in [-0.3, -0.25) is 4.79 Å². The van der Waals surface area contributed by atoms with E-state index >= 15 is 4.39 Å². The van der Waals surface area contributed by atoms with Crippen LogP contribution >= 0.6 is 0 Å². The summed E-state index contributed by atoms with van der Waals surface area (Å²) in [7, 11) is 1.49. The Labute approximate surface area is 235 Å². The number of pyridine rings is 1. The van der Waals surface area contributed by atoms with Crippen molar-refractivity contribution in [1.82, 2.24) is 19.9 Å². The van der Waals surface area contributed by atoms with Gasteiger partial charge in [-0.25, -0.2) is 19.3 Å². The first-order valence-corrected chi connectivity index (χ1v) is 13.3. The summed E-state index contributed by atoms with van der Waals surface area (Å²) in [4.78, 5) is 28.2. The van der Waals surface area contributed by atoms with Crippen LogP contribution in [0.4, 0.5) is 17.6 Å². The van der Waals surface area contributed by atoms with Gasteiger partial charge < -0.3 is 19.1 Å². The van der Waals surface area contributed by atoms with Crippen LogP contribution in [0.25, 0.3) is 11.4 Å². The molecule has 0 spiro atoms. The van der Waals surface area contributed by atoms with Crippen molar-refractivity contribution >= 4 is 5.91 Å². The van der Waals surface area contributed by atoms with Crippen LogP contribution in [-0.2, 0) is 15.7 Å². The number of amides is 1. The van der Waals surface area contributed by atoms with Gasteiger partial charge in [-0.2, -0.15) is 13.2 Å². The molecular weight excluding hydrogens is 544 g/mol. The van der Waals surface area contributed by atoms with E-state index in [1.54, 1.807) is 11.0 Å². The zero-order chi connectivity index (χ0) is 29.6. The summed E-state index contributed by atoms with van der Waals surface area (Å²) in [5, 5.41) is 0. The highest BCUT2D eigenvalue weighted by Crippen LogP contribution is 2.36. The summed E-state index contributed by atoms with van der Waals surface area (Å²) in [5.41, 5.74) is -0.835. The lowest BCUT2D eigenvalue weighted by atomic mass is 9.83. The molecule has 2 aromatic heterocycles. The summed E-state index contributed by atoms with van der Waals surface area (Å²) in [5.74, 6) is -1.02. The van der Waals surface area contributed by atoms with Crippen LogP contribution in [0.1, 0.15) is 49.0 Å². The molecule has 1 amide bonds. The number of benzene rings is 1. The number of halogens is 4. The predicted molar refractivity (Wildman–Crippen MR) is 141 cm³/mol. The number of hydrogen-bond acceptors (Lipinski definition) is 7. The molecule has 4 unspecified atom stereocenters. The molecule has 1 aromatic carbocycles. The number of hydrogen-bond donors (Lipinski definition) is 0. The minimum absolute atomic E-state index is 0.00665. The van der Waals surface area contributed by atoms with Crippen molar-refractivity contribution < 1.29 is 36.6 Å². The fourth-order valence-electron chi connectivity index (χ4n) is 5.15. The maximum atomic E-state index is 15.2. The van der Waals surface area contributed by atoms with Crippen molar-refractivity contribution in [2.45, 2.75) is 57.5 Å². The Bertz CT molecular complexity index is 1290. The van der Waals surface area contributed by atoms with Crippen LogP contribution < -0.4 is 4.74 Å². The van der Waals surface area contributed by atoms with Gasteiger partial charge in [0.1, 0.15) is 18.7 Å². The average molecular weight is 577 g/mol. The lowest BCUT2D eigenvalue weighted by Gasteiger charge is -2.47. The van der Waals surface area contributed by atoms with Crippen LogP contribution in [0.15, 0.2) is 55.0 Å². The number of ether oxygens (including phenoxy) is 3. The number of nitrogens with zero attached hydrogens (tertiary/aromatic N) is 4. The number of piperidine rings is 1. The van der Waals surface area contributed by atoms with Crippen LogP contribution in [-0.4, -0.2) is 64.5 Å². The van der Waals surface area contributed by atoms with E-state index in [0.29, 0.717) is 19.0 Å². The van der Waals surface area contributed by atoms with E-state index in [-0.39, 0.29) is 42.1 Å². The molecular formula is C29H32F4N4O4. The number of carbonyl (C=O) groups excluding carboxylic acids is 1. The van der Waals surface area contributed by atoms with Gasteiger partial charge in [0.25, 0.3) is 5.91 Å². The van der Waals surface area contributed by atoms with E-state index in [4.69, 9.17) is 14.2 Å². The molecule has 0 saturated carbocycles. The second-order valence-electron chi connectivity index (χ2n) is 9.86. The van der Waals surface area contributed by atoms with Gasteiger partial charge >= 0.3 is 6.18 Å². The Hall–Kier alpha value is -3.64. The zero-order valence-corrected chi connectivity index (χ0v) is 23.0. The highest BCUT2D eigenvalue weighted by atomic mass is 19.4.